The molecule has 1 heterocycles. The van der Waals surface area contributed by atoms with E-state index in [-0.39, 0.29) is 18.7 Å². The Bertz CT molecular complexity index is 980. The zero-order valence-electron chi connectivity index (χ0n) is 16.1. The molecule has 4 N–H and O–H groups in total. The maximum atomic E-state index is 12.5. The summed E-state index contributed by atoms with van der Waals surface area (Å²) < 4.78 is 0. The molecule has 8 nitrogen and oxygen atoms in total. The number of amides is 3. The molecule has 3 rings (SSSR count). The number of hydrogen-bond acceptors (Lipinski definition) is 5. The molecule has 30 heavy (non-hydrogen) atoms. The Labute approximate surface area is 178 Å². The first-order valence-electron chi connectivity index (χ1n) is 9.35. The third-order valence-corrected chi connectivity index (χ3v) is 4.95. The van der Waals surface area contributed by atoms with Gasteiger partial charge in [-0.25, -0.2) is 0 Å². The lowest BCUT2D eigenvalue weighted by atomic mass is 10.1. The van der Waals surface area contributed by atoms with Crippen LogP contribution in [-0.4, -0.2) is 42.6 Å². The molecule has 0 aliphatic carbocycles. The normalized spacial score (nSPS) is 14.3. The van der Waals surface area contributed by atoms with Crippen molar-refractivity contribution < 1.29 is 19.2 Å². The van der Waals surface area contributed by atoms with E-state index in [0.29, 0.717) is 29.4 Å². The van der Waals surface area contributed by atoms with Gasteiger partial charge >= 0.3 is 11.8 Å². The van der Waals surface area contributed by atoms with Crippen LogP contribution in [0.1, 0.15) is 12.0 Å². The van der Waals surface area contributed by atoms with Crippen LogP contribution in [0.4, 0.5) is 11.4 Å². The number of benzene rings is 2. The predicted molar refractivity (Wildman–Crippen MR) is 113 cm³/mol. The Balaban J connectivity index is 1.70. The molecule has 1 atom stereocenters. The van der Waals surface area contributed by atoms with Crippen LogP contribution in [0.2, 0.25) is 5.02 Å². The number of carbonyl (C=O) groups is 4. The van der Waals surface area contributed by atoms with E-state index in [9.17, 15) is 19.2 Å². The molecule has 0 spiro atoms. The fraction of sp³-hybridized carbons (Fsp3) is 0.238. The quantitative estimate of drug-likeness (QED) is 0.598. The molecule has 1 fully saturated rings. The van der Waals surface area contributed by atoms with E-state index < -0.39 is 23.8 Å². The third-order valence-electron chi connectivity index (χ3n) is 4.71. The minimum Gasteiger partial charge on any atom is -0.368 e. The summed E-state index contributed by atoms with van der Waals surface area (Å²) in [5.74, 6) is -2.63. The van der Waals surface area contributed by atoms with Gasteiger partial charge in [0, 0.05) is 24.4 Å². The van der Waals surface area contributed by atoms with Gasteiger partial charge in [0.25, 0.3) is 0 Å². The van der Waals surface area contributed by atoms with E-state index in [0.717, 1.165) is 5.56 Å². The fourth-order valence-electron chi connectivity index (χ4n) is 3.20. The molecule has 1 aliphatic heterocycles. The van der Waals surface area contributed by atoms with Gasteiger partial charge in [0.05, 0.1) is 17.9 Å². The Kier molecular flexibility index (Phi) is 6.68. The molecule has 0 aromatic heterocycles. The number of nitrogens with zero attached hydrogens (tertiary/aromatic N) is 1. The number of carbonyl (C=O) groups excluding carboxylic acids is 4. The number of nitrogens with one attached hydrogen (secondary N) is 2. The number of nitrogens with two attached hydrogens (primary N) is 1. The Morgan fingerprint density at radius 1 is 1.10 bits per heavy atom. The van der Waals surface area contributed by atoms with E-state index in [1.807, 2.05) is 6.07 Å². The number of hydrogen-bond donors (Lipinski definition) is 3. The SMILES string of the molecule is NC(=O)[C@H](Cc1ccccc1)NC(=O)C(=O)Nc1cc(Cl)ccc1N1CCC(=O)C1. The molecule has 0 bridgehead atoms. The first-order valence-corrected chi connectivity index (χ1v) is 9.72. The molecule has 0 radical (unpaired) electrons. The van der Waals surface area contributed by atoms with E-state index in [2.05, 4.69) is 10.6 Å². The van der Waals surface area contributed by atoms with E-state index in [1.54, 1.807) is 41.3 Å². The Morgan fingerprint density at radius 3 is 2.47 bits per heavy atom. The average molecular weight is 429 g/mol. The van der Waals surface area contributed by atoms with Crippen molar-refractivity contribution in [3.05, 3.63) is 59.1 Å². The molecular formula is C21H21ClN4O4. The molecule has 3 amide bonds. The van der Waals surface area contributed by atoms with Crippen molar-refractivity contribution in [2.45, 2.75) is 18.9 Å². The van der Waals surface area contributed by atoms with Crippen molar-refractivity contribution in [2.75, 3.05) is 23.3 Å². The maximum absolute atomic E-state index is 12.5. The highest BCUT2D eigenvalue weighted by Crippen LogP contribution is 2.31. The highest BCUT2D eigenvalue weighted by Gasteiger charge is 2.26. The van der Waals surface area contributed by atoms with Crippen LogP contribution in [-0.2, 0) is 25.6 Å². The summed E-state index contributed by atoms with van der Waals surface area (Å²) in [7, 11) is 0. The molecular weight excluding hydrogens is 408 g/mol. The molecule has 0 unspecified atom stereocenters. The molecule has 9 heteroatoms. The minimum absolute atomic E-state index is 0.0881. The van der Waals surface area contributed by atoms with Gasteiger partial charge in [-0.3, -0.25) is 19.2 Å². The van der Waals surface area contributed by atoms with Gasteiger partial charge in [-0.2, -0.15) is 0 Å². The van der Waals surface area contributed by atoms with Gasteiger partial charge < -0.3 is 21.3 Å². The monoisotopic (exact) mass is 428 g/mol. The summed E-state index contributed by atoms with van der Waals surface area (Å²) >= 11 is 6.03. The smallest absolute Gasteiger partial charge is 0.313 e. The fourth-order valence-corrected chi connectivity index (χ4v) is 3.37. The molecule has 0 saturated carbocycles. The summed E-state index contributed by atoms with van der Waals surface area (Å²) in [4.78, 5) is 50.0. The summed E-state index contributed by atoms with van der Waals surface area (Å²) in [5, 5.41) is 5.24. The largest absolute Gasteiger partial charge is 0.368 e. The van der Waals surface area contributed by atoms with Gasteiger partial charge in [-0.05, 0) is 23.8 Å². The molecule has 156 valence electrons. The van der Waals surface area contributed by atoms with Gasteiger partial charge in [0.15, 0.2) is 5.78 Å². The first kappa shape index (κ1) is 21.3. The van der Waals surface area contributed by atoms with E-state index >= 15 is 0 Å². The number of ketones is 1. The second kappa shape index (κ2) is 9.41. The molecule has 2 aromatic rings. The maximum Gasteiger partial charge on any atom is 0.313 e. The van der Waals surface area contributed by atoms with Crippen LogP contribution >= 0.6 is 11.6 Å². The predicted octanol–water partition coefficient (Wildman–Crippen LogP) is 1.27. The number of Topliss-reactive ketones (excluding diaryl/α,β-unsaturated/α-hetero) is 1. The van der Waals surface area contributed by atoms with Gasteiger partial charge in [-0.15, -0.1) is 0 Å². The van der Waals surface area contributed by atoms with Crippen LogP contribution in [0.25, 0.3) is 0 Å². The van der Waals surface area contributed by atoms with Crippen LogP contribution in [0.3, 0.4) is 0 Å². The highest BCUT2D eigenvalue weighted by atomic mass is 35.5. The van der Waals surface area contributed by atoms with Crippen LogP contribution in [0, 0.1) is 0 Å². The lowest BCUT2D eigenvalue weighted by Crippen LogP contribution is -2.49. The molecule has 1 aliphatic rings. The van der Waals surface area contributed by atoms with Crippen molar-refractivity contribution >= 4 is 46.5 Å². The topological polar surface area (TPSA) is 122 Å². The summed E-state index contributed by atoms with van der Waals surface area (Å²) in [5.41, 5.74) is 7.06. The lowest BCUT2D eigenvalue weighted by molar-refractivity contribution is -0.137. The number of anilines is 2. The van der Waals surface area contributed by atoms with Crippen molar-refractivity contribution in [2.24, 2.45) is 5.73 Å². The van der Waals surface area contributed by atoms with Crippen molar-refractivity contribution in [1.82, 2.24) is 5.32 Å². The standard InChI is InChI=1S/C21H21ClN4O4/c22-14-6-7-18(26-9-8-15(27)12-26)16(11-14)24-20(29)21(30)25-17(19(23)28)10-13-4-2-1-3-5-13/h1-7,11,17H,8-10,12H2,(H2,23,28)(H,24,29)(H,25,30)/t17-/m0/s1. The van der Waals surface area contributed by atoms with Gasteiger partial charge in [0.2, 0.25) is 5.91 Å². The number of rotatable bonds is 6. The van der Waals surface area contributed by atoms with Gasteiger partial charge in [-0.1, -0.05) is 41.9 Å². The van der Waals surface area contributed by atoms with Crippen molar-refractivity contribution in [1.29, 1.82) is 0 Å². The van der Waals surface area contributed by atoms with Crippen LogP contribution in [0.5, 0.6) is 0 Å². The van der Waals surface area contributed by atoms with Crippen LogP contribution < -0.4 is 21.3 Å². The molecule has 2 aromatic carbocycles. The van der Waals surface area contributed by atoms with Crippen LogP contribution in [0.15, 0.2) is 48.5 Å². The summed E-state index contributed by atoms with van der Waals surface area (Å²) in [6.07, 6.45) is 0.573. The zero-order chi connectivity index (χ0) is 21.7. The number of halogens is 1. The molecule has 1 saturated heterocycles. The third kappa shape index (κ3) is 5.36. The zero-order valence-corrected chi connectivity index (χ0v) is 16.8. The Morgan fingerprint density at radius 2 is 1.83 bits per heavy atom. The van der Waals surface area contributed by atoms with E-state index in [4.69, 9.17) is 17.3 Å². The second-order valence-electron chi connectivity index (χ2n) is 6.94. The number of primary amides is 1. The second-order valence-corrected chi connectivity index (χ2v) is 7.38. The highest BCUT2D eigenvalue weighted by molar-refractivity contribution is 6.40. The van der Waals surface area contributed by atoms with E-state index in [1.165, 1.54) is 6.07 Å². The minimum atomic E-state index is -1.04. The summed E-state index contributed by atoms with van der Waals surface area (Å²) in [6.45, 7) is 0.730. The lowest BCUT2D eigenvalue weighted by Gasteiger charge is -2.21. The Hall–Kier alpha value is -3.39. The van der Waals surface area contributed by atoms with Gasteiger partial charge in [0.1, 0.15) is 6.04 Å². The first-order chi connectivity index (χ1) is 14.3. The average Bonchev–Trinajstić information content (AvgIpc) is 3.14. The summed E-state index contributed by atoms with van der Waals surface area (Å²) in [6, 6.07) is 12.8. The van der Waals surface area contributed by atoms with Crippen molar-refractivity contribution in [3.8, 4) is 0 Å². The van der Waals surface area contributed by atoms with Crippen molar-refractivity contribution in [3.63, 3.8) is 0 Å².